The zero-order valence-corrected chi connectivity index (χ0v) is 14.6. The average molecular weight is 328 g/mol. The first-order chi connectivity index (χ1) is 10.9. The molecule has 0 aromatic rings. The van der Waals surface area contributed by atoms with Crippen molar-refractivity contribution >= 4 is 23.9 Å². The Morgan fingerprint density at radius 1 is 0.609 bits per heavy atom. The van der Waals surface area contributed by atoms with E-state index in [4.69, 9.17) is 0 Å². The smallest absolute Gasteiger partial charge is 0.324 e. The van der Waals surface area contributed by atoms with Gasteiger partial charge in [0.25, 0.3) is 0 Å². The van der Waals surface area contributed by atoms with Crippen molar-refractivity contribution in [3.05, 3.63) is 0 Å². The van der Waals surface area contributed by atoms with Crippen molar-refractivity contribution < 1.29 is 28.7 Å². The van der Waals surface area contributed by atoms with Gasteiger partial charge in [0.15, 0.2) is 0 Å². The van der Waals surface area contributed by atoms with Crippen LogP contribution in [0.1, 0.15) is 72.6 Å². The predicted octanol–water partition coefficient (Wildman–Crippen LogP) is 3.17. The SMILES string of the molecule is CCC(CC)CC(=O)OC(=O)CC(=O)OC(=O)CC(CC)CC. The molecule has 0 aliphatic carbocycles. The van der Waals surface area contributed by atoms with Crippen molar-refractivity contribution in [3.8, 4) is 0 Å². The number of hydrogen-bond donors (Lipinski definition) is 0. The standard InChI is InChI=1S/C17H28O6/c1-5-12(6-2)9-14(18)22-16(20)11-17(21)23-15(19)10-13(7-3)8-4/h12-13H,5-11H2,1-4H3. The highest BCUT2D eigenvalue weighted by molar-refractivity contribution is 5.99. The van der Waals surface area contributed by atoms with Gasteiger partial charge in [0.1, 0.15) is 6.42 Å². The van der Waals surface area contributed by atoms with Crippen molar-refractivity contribution in [1.29, 1.82) is 0 Å². The third kappa shape index (κ3) is 9.81. The van der Waals surface area contributed by atoms with Gasteiger partial charge in [-0.25, -0.2) is 0 Å². The molecule has 0 N–H and O–H groups in total. The summed E-state index contributed by atoms with van der Waals surface area (Å²) < 4.78 is 9.14. The molecule has 0 saturated heterocycles. The van der Waals surface area contributed by atoms with Gasteiger partial charge in [-0.15, -0.1) is 0 Å². The molecule has 23 heavy (non-hydrogen) atoms. The molecule has 132 valence electrons. The summed E-state index contributed by atoms with van der Waals surface area (Å²) in [5, 5.41) is 0. The van der Waals surface area contributed by atoms with Gasteiger partial charge in [0.05, 0.1) is 0 Å². The summed E-state index contributed by atoms with van der Waals surface area (Å²) >= 11 is 0. The molecule has 0 bridgehead atoms. The molecular formula is C17H28O6. The summed E-state index contributed by atoms with van der Waals surface area (Å²) in [7, 11) is 0. The van der Waals surface area contributed by atoms with E-state index in [1.807, 2.05) is 27.7 Å². The highest BCUT2D eigenvalue weighted by Gasteiger charge is 2.21. The molecule has 0 saturated carbocycles. The third-order valence-electron chi connectivity index (χ3n) is 3.96. The maximum atomic E-state index is 11.5. The van der Waals surface area contributed by atoms with Crippen LogP contribution in [0.5, 0.6) is 0 Å². The van der Waals surface area contributed by atoms with Crippen LogP contribution in [0.2, 0.25) is 0 Å². The van der Waals surface area contributed by atoms with Crippen LogP contribution in [0, 0.1) is 11.8 Å². The summed E-state index contributed by atoms with van der Waals surface area (Å²) in [6.45, 7) is 7.80. The van der Waals surface area contributed by atoms with Gasteiger partial charge in [-0.1, -0.05) is 53.4 Å². The molecule has 0 fully saturated rings. The largest absolute Gasteiger partial charge is 0.393 e. The fourth-order valence-corrected chi connectivity index (χ4v) is 2.15. The van der Waals surface area contributed by atoms with E-state index in [1.54, 1.807) is 0 Å². The molecule has 0 aromatic heterocycles. The predicted molar refractivity (Wildman–Crippen MR) is 84.2 cm³/mol. The lowest BCUT2D eigenvalue weighted by molar-refractivity contribution is -0.166. The number of hydrogen-bond acceptors (Lipinski definition) is 6. The summed E-state index contributed by atoms with van der Waals surface area (Å²) in [4.78, 5) is 46.1. The number of esters is 4. The van der Waals surface area contributed by atoms with E-state index in [0.717, 1.165) is 25.7 Å². The first-order valence-electron chi connectivity index (χ1n) is 8.33. The minimum atomic E-state index is -0.985. The first kappa shape index (κ1) is 21.3. The highest BCUT2D eigenvalue weighted by atomic mass is 16.6. The molecule has 0 heterocycles. The van der Waals surface area contributed by atoms with E-state index in [2.05, 4.69) is 9.47 Å². The fourth-order valence-electron chi connectivity index (χ4n) is 2.15. The van der Waals surface area contributed by atoms with E-state index in [9.17, 15) is 19.2 Å². The second kappa shape index (κ2) is 11.8. The van der Waals surface area contributed by atoms with Crippen molar-refractivity contribution in [2.45, 2.75) is 72.6 Å². The van der Waals surface area contributed by atoms with E-state index in [0.29, 0.717) is 0 Å². The molecule has 0 radical (unpaired) electrons. The van der Waals surface area contributed by atoms with E-state index in [-0.39, 0.29) is 24.7 Å². The molecule has 0 aliphatic rings. The second-order valence-corrected chi connectivity index (χ2v) is 5.64. The van der Waals surface area contributed by atoms with Crippen LogP contribution in [-0.4, -0.2) is 23.9 Å². The summed E-state index contributed by atoms with van der Waals surface area (Å²) in [6.07, 6.45) is 2.80. The average Bonchev–Trinajstić information content (AvgIpc) is 2.49. The number of carbonyl (C=O) groups excluding carboxylic acids is 4. The summed E-state index contributed by atoms with van der Waals surface area (Å²) in [5.74, 6) is -2.96. The van der Waals surface area contributed by atoms with Gasteiger partial charge in [-0.2, -0.15) is 0 Å². The molecule has 0 unspecified atom stereocenters. The monoisotopic (exact) mass is 328 g/mol. The van der Waals surface area contributed by atoms with E-state index < -0.39 is 30.3 Å². The zero-order chi connectivity index (χ0) is 17.8. The molecule has 6 heteroatoms. The first-order valence-corrected chi connectivity index (χ1v) is 8.33. The quantitative estimate of drug-likeness (QED) is 0.452. The van der Waals surface area contributed by atoms with E-state index in [1.165, 1.54) is 0 Å². The number of ether oxygens (including phenoxy) is 2. The Morgan fingerprint density at radius 3 is 1.17 bits per heavy atom. The molecule has 0 atom stereocenters. The number of carbonyl (C=O) groups is 4. The van der Waals surface area contributed by atoms with Gasteiger partial charge in [-0.3, -0.25) is 19.2 Å². The summed E-state index contributed by atoms with van der Waals surface area (Å²) in [5.41, 5.74) is 0. The minimum absolute atomic E-state index is 0.140. The van der Waals surface area contributed by atoms with Gasteiger partial charge >= 0.3 is 23.9 Å². The van der Waals surface area contributed by atoms with Crippen molar-refractivity contribution in [2.24, 2.45) is 11.8 Å². The van der Waals surface area contributed by atoms with Crippen LogP contribution in [0.3, 0.4) is 0 Å². The van der Waals surface area contributed by atoms with Gasteiger partial charge in [-0.05, 0) is 11.8 Å². The van der Waals surface area contributed by atoms with Crippen LogP contribution in [-0.2, 0) is 28.7 Å². The van der Waals surface area contributed by atoms with Crippen LogP contribution >= 0.6 is 0 Å². The Balaban J connectivity index is 4.17. The fraction of sp³-hybridized carbons (Fsp3) is 0.765. The zero-order valence-electron chi connectivity index (χ0n) is 14.6. The Labute approximate surface area is 137 Å². The minimum Gasteiger partial charge on any atom is -0.393 e. The lowest BCUT2D eigenvalue weighted by atomic mass is 10.00. The Hall–Kier alpha value is -1.72. The Morgan fingerprint density at radius 2 is 0.913 bits per heavy atom. The second-order valence-electron chi connectivity index (χ2n) is 5.64. The van der Waals surface area contributed by atoms with Gasteiger partial charge in [0.2, 0.25) is 0 Å². The molecule has 0 amide bonds. The maximum absolute atomic E-state index is 11.5. The van der Waals surface area contributed by atoms with Crippen LogP contribution in [0.4, 0.5) is 0 Å². The lowest BCUT2D eigenvalue weighted by Gasteiger charge is -2.11. The van der Waals surface area contributed by atoms with E-state index >= 15 is 0 Å². The molecular weight excluding hydrogens is 300 g/mol. The number of rotatable bonds is 10. The van der Waals surface area contributed by atoms with Crippen molar-refractivity contribution in [2.75, 3.05) is 0 Å². The lowest BCUT2D eigenvalue weighted by Crippen LogP contribution is -2.21. The maximum Gasteiger partial charge on any atom is 0.324 e. The summed E-state index contributed by atoms with van der Waals surface area (Å²) in [6, 6.07) is 0. The van der Waals surface area contributed by atoms with Gasteiger partial charge < -0.3 is 9.47 Å². The van der Waals surface area contributed by atoms with Crippen molar-refractivity contribution in [1.82, 2.24) is 0 Å². The molecule has 0 spiro atoms. The molecule has 0 rings (SSSR count). The van der Waals surface area contributed by atoms with Crippen LogP contribution < -0.4 is 0 Å². The highest BCUT2D eigenvalue weighted by Crippen LogP contribution is 2.14. The van der Waals surface area contributed by atoms with Crippen LogP contribution in [0.25, 0.3) is 0 Å². The molecule has 6 nitrogen and oxygen atoms in total. The molecule has 0 aliphatic heterocycles. The Kier molecular flexibility index (Phi) is 10.9. The van der Waals surface area contributed by atoms with Crippen LogP contribution in [0.15, 0.2) is 0 Å². The van der Waals surface area contributed by atoms with Gasteiger partial charge in [0, 0.05) is 12.8 Å². The topological polar surface area (TPSA) is 86.7 Å². The third-order valence-corrected chi connectivity index (χ3v) is 3.96. The normalized spacial score (nSPS) is 10.7. The molecule has 0 aromatic carbocycles. The van der Waals surface area contributed by atoms with Crippen molar-refractivity contribution in [3.63, 3.8) is 0 Å². The Bertz CT molecular complexity index is 369.